The first-order valence-corrected chi connectivity index (χ1v) is 14.7. The molecule has 1 N–H and O–H groups in total. The highest BCUT2D eigenvalue weighted by Gasteiger charge is 2.39. The van der Waals surface area contributed by atoms with Gasteiger partial charge in [0.2, 0.25) is 26.9 Å². The second-order valence-corrected chi connectivity index (χ2v) is 12.1. The number of hydrogen-bond donors (Lipinski definition) is 1. The van der Waals surface area contributed by atoms with Crippen LogP contribution in [0.1, 0.15) is 40.7 Å². The number of carbonyl (C=O) groups is 1. The third-order valence-corrected chi connectivity index (χ3v) is 8.98. The molecular formula is C29H25F5N4O5S. The molecule has 0 saturated carbocycles. The van der Waals surface area contributed by atoms with Crippen molar-refractivity contribution in [2.24, 2.45) is 0 Å². The minimum Gasteiger partial charge on any atom is -0.480 e. The summed E-state index contributed by atoms with van der Waals surface area (Å²) in [6, 6.07) is 9.12. The molecule has 1 aliphatic rings. The van der Waals surface area contributed by atoms with Gasteiger partial charge in [-0.1, -0.05) is 0 Å². The van der Waals surface area contributed by atoms with Crippen LogP contribution in [0.5, 0.6) is 5.88 Å². The number of ether oxygens (including phenoxy) is 2. The SMILES string of the molecule is COc1nc([C@](C)(F)C(F)F)ccc1-c1ccc2cnc(CNC(=O)c3cc(F)c4c(c3)S(=O)(=O)[C@@H](F)CCOC4)cc2n1. The molecule has 15 heteroatoms. The summed E-state index contributed by atoms with van der Waals surface area (Å²) in [6.45, 7) is -0.0278. The van der Waals surface area contributed by atoms with E-state index < -0.39 is 56.2 Å². The molecule has 0 radical (unpaired) electrons. The Morgan fingerprint density at radius 1 is 1.18 bits per heavy atom. The molecule has 3 aromatic heterocycles. The second kappa shape index (κ2) is 12.0. The number of nitrogens with one attached hydrogen (secondary N) is 1. The largest absolute Gasteiger partial charge is 0.480 e. The van der Waals surface area contributed by atoms with Crippen LogP contribution in [0.25, 0.3) is 22.2 Å². The number of methoxy groups -OCH3 is 1. The Kier molecular flexibility index (Phi) is 8.53. The highest BCUT2D eigenvalue weighted by atomic mass is 32.2. The first kappa shape index (κ1) is 31.2. The Labute approximate surface area is 248 Å². The van der Waals surface area contributed by atoms with E-state index >= 15 is 0 Å². The van der Waals surface area contributed by atoms with Gasteiger partial charge in [-0.2, -0.15) is 0 Å². The minimum absolute atomic E-state index is 0.114. The number of hydrogen-bond acceptors (Lipinski definition) is 8. The summed E-state index contributed by atoms with van der Waals surface area (Å²) in [7, 11) is -3.29. The van der Waals surface area contributed by atoms with Crippen molar-refractivity contribution in [3.05, 3.63) is 77.0 Å². The van der Waals surface area contributed by atoms with Gasteiger partial charge in [0.25, 0.3) is 12.3 Å². The zero-order valence-corrected chi connectivity index (χ0v) is 24.1. The third-order valence-electron chi connectivity index (χ3n) is 7.10. The maximum atomic E-state index is 14.8. The van der Waals surface area contributed by atoms with E-state index in [2.05, 4.69) is 20.3 Å². The van der Waals surface area contributed by atoms with Crippen molar-refractivity contribution in [1.82, 2.24) is 20.3 Å². The lowest BCUT2D eigenvalue weighted by Crippen LogP contribution is -2.26. The monoisotopic (exact) mass is 636 g/mol. The molecule has 44 heavy (non-hydrogen) atoms. The Morgan fingerprint density at radius 2 is 1.95 bits per heavy atom. The summed E-state index contributed by atoms with van der Waals surface area (Å²) in [4.78, 5) is 25.0. The van der Waals surface area contributed by atoms with E-state index in [4.69, 9.17) is 9.47 Å². The number of fused-ring (bicyclic) bond motifs is 2. The molecule has 0 unspecified atom stereocenters. The number of halogens is 5. The molecule has 9 nitrogen and oxygen atoms in total. The lowest BCUT2D eigenvalue weighted by Gasteiger charge is -2.20. The molecule has 0 saturated heterocycles. The van der Waals surface area contributed by atoms with Gasteiger partial charge < -0.3 is 14.8 Å². The van der Waals surface area contributed by atoms with Gasteiger partial charge in [0.1, 0.15) is 5.82 Å². The summed E-state index contributed by atoms with van der Waals surface area (Å²) in [5.74, 6) is -1.96. The van der Waals surface area contributed by atoms with Crippen molar-refractivity contribution in [1.29, 1.82) is 0 Å². The molecule has 232 valence electrons. The fourth-order valence-electron chi connectivity index (χ4n) is 4.53. The molecule has 5 rings (SSSR count). The molecule has 0 spiro atoms. The molecule has 1 aromatic carbocycles. The van der Waals surface area contributed by atoms with Gasteiger partial charge in [-0.05, 0) is 49.4 Å². The van der Waals surface area contributed by atoms with Crippen LogP contribution in [-0.2, 0) is 33.4 Å². The lowest BCUT2D eigenvalue weighted by atomic mass is 10.0. The number of aromatic nitrogens is 3. The van der Waals surface area contributed by atoms with E-state index in [1.165, 1.54) is 19.4 Å². The molecule has 0 fully saturated rings. The van der Waals surface area contributed by atoms with Crippen molar-refractivity contribution in [2.45, 2.75) is 49.0 Å². The molecule has 4 aromatic rings. The number of sulfone groups is 1. The summed E-state index contributed by atoms with van der Waals surface area (Å²) >= 11 is 0. The molecule has 0 bridgehead atoms. The standard InChI is InChI=1S/C29H25F5N4O5S/c1-29(34,28(32)33)24-6-4-18(27(38-24)42-2)21-5-3-15-12-35-17(11-22(15)37-21)13-36-26(39)16-9-20(30)19-14-43-8-7-25(31)44(40,41)23(19)10-16/h3-6,9-12,25,28H,7-8,13-14H2,1-2H3,(H,36,39)/t25-,29+/m1/s1. The minimum atomic E-state index is -4.55. The van der Waals surface area contributed by atoms with E-state index in [0.29, 0.717) is 27.9 Å². The topological polar surface area (TPSA) is 120 Å². The molecule has 1 amide bonds. The molecule has 0 aliphatic carbocycles. The highest BCUT2D eigenvalue weighted by molar-refractivity contribution is 7.92. The highest BCUT2D eigenvalue weighted by Crippen LogP contribution is 2.36. The number of alkyl halides is 4. The van der Waals surface area contributed by atoms with Crippen LogP contribution in [-0.4, -0.2) is 54.9 Å². The van der Waals surface area contributed by atoms with Gasteiger partial charge in [0.15, 0.2) is 0 Å². The van der Waals surface area contributed by atoms with Crippen molar-refractivity contribution < 1.29 is 44.6 Å². The lowest BCUT2D eigenvalue weighted by molar-refractivity contribution is -0.0288. The van der Waals surface area contributed by atoms with E-state index in [9.17, 15) is 35.2 Å². The Bertz CT molecular complexity index is 1860. The van der Waals surface area contributed by atoms with Crippen molar-refractivity contribution in [3.63, 3.8) is 0 Å². The summed E-state index contributed by atoms with van der Waals surface area (Å²) < 4.78 is 106. The molecular weight excluding hydrogens is 611 g/mol. The number of amides is 1. The Morgan fingerprint density at radius 3 is 2.68 bits per heavy atom. The maximum Gasteiger partial charge on any atom is 0.277 e. The Balaban J connectivity index is 1.39. The van der Waals surface area contributed by atoms with E-state index in [0.717, 1.165) is 25.1 Å². The van der Waals surface area contributed by atoms with Crippen LogP contribution in [0.2, 0.25) is 0 Å². The van der Waals surface area contributed by atoms with Crippen molar-refractivity contribution in [2.75, 3.05) is 13.7 Å². The van der Waals surface area contributed by atoms with E-state index in [1.54, 1.807) is 18.2 Å². The van der Waals surface area contributed by atoms with Crippen molar-refractivity contribution in [3.8, 4) is 17.1 Å². The number of pyridine rings is 3. The van der Waals surface area contributed by atoms with Gasteiger partial charge in [0, 0.05) is 29.1 Å². The van der Waals surface area contributed by atoms with Crippen LogP contribution >= 0.6 is 0 Å². The molecule has 1 aliphatic heterocycles. The maximum absolute atomic E-state index is 14.8. The van der Waals surface area contributed by atoms with Crippen LogP contribution in [0.15, 0.2) is 53.6 Å². The number of carbonyl (C=O) groups excluding carboxylic acids is 1. The smallest absolute Gasteiger partial charge is 0.277 e. The zero-order valence-electron chi connectivity index (χ0n) is 23.3. The fourth-order valence-corrected chi connectivity index (χ4v) is 6.01. The first-order valence-electron chi connectivity index (χ1n) is 13.2. The summed E-state index contributed by atoms with van der Waals surface area (Å²) in [5.41, 5.74) is -5.10. The average molecular weight is 637 g/mol. The van der Waals surface area contributed by atoms with E-state index in [-0.39, 0.29) is 36.8 Å². The average Bonchev–Trinajstić information content (AvgIpc) is 3.00. The predicted molar refractivity (Wildman–Crippen MR) is 148 cm³/mol. The van der Waals surface area contributed by atoms with Crippen LogP contribution in [0.4, 0.5) is 22.0 Å². The van der Waals surface area contributed by atoms with Crippen LogP contribution in [0, 0.1) is 5.82 Å². The van der Waals surface area contributed by atoms with Crippen LogP contribution < -0.4 is 10.1 Å². The Hall–Kier alpha value is -4.24. The number of nitrogens with zero attached hydrogens (tertiary/aromatic N) is 3. The van der Waals surface area contributed by atoms with E-state index in [1.807, 2.05) is 0 Å². The number of benzene rings is 1. The molecule has 4 heterocycles. The fraction of sp³-hybridized carbons (Fsp3) is 0.310. The third kappa shape index (κ3) is 5.93. The zero-order chi connectivity index (χ0) is 31.8. The normalized spacial score (nSPS) is 17.8. The summed E-state index contributed by atoms with van der Waals surface area (Å²) in [6.07, 6.45) is -2.24. The van der Waals surface area contributed by atoms with Gasteiger partial charge in [0.05, 0.1) is 59.9 Å². The van der Waals surface area contributed by atoms with Crippen molar-refractivity contribution >= 4 is 26.6 Å². The predicted octanol–water partition coefficient (Wildman–Crippen LogP) is 5.21. The van der Waals surface area contributed by atoms with Crippen LogP contribution in [0.3, 0.4) is 0 Å². The number of rotatable bonds is 7. The second-order valence-electron chi connectivity index (χ2n) is 10.1. The quantitative estimate of drug-likeness (QED) is 0.275. The molecule has 2 atom stereocenters. The van der Waals surface area contributed by atoms with Gasteiger partial charge in [-0.25, -0.2) is 40.3 Å². The first-order chi connectivity index (χ1) is 20.8. The van der Waals surface area contributed by atoms with Gasteiger partial charge >= 0.3 is 0 Å². The van der Waals surface area contributed by atoms with Gasteiger partial charge in [-0.3, -0.25) is 9.78 Å². The van der Waals surface area contributed by atoms with Gasteiger partial charge in [-0.15, -0.1) is 0 Å². The summed E-state index contributed by atoms with van der Waals surface area (Å²) in [5, 5.41) is 3.14.